The molecule has 0 aromatic heterocycles. The highest BCUT2D eigenvalue weighted by Gasteiger charge is 2.23. The van der Waals surface area contributed by atoms with Crippen molar-refractivity contribution in [2.45, 2.75) is 12.8 Å². The molecule has 0 aliphatic heterocycles. The van der Waals surface area contributed by atoms with Crippen LogP contribution in [0.3, 0.4) is 0 Å². The molecule has 0 spiro atoms. The zero-order valence-electron chi connectivity index (χ0n) is 12.5. The summed E-state index contributed by atoms with van der Waals surface area (Å²) < 4.78 is 10.0. The Morgan fingerprint density at radius 2 is 1.77 bits per heavy atom. The third-order valence-corrected chi connectivity index (χ3v) is 3.39. The summed E-state index contributed by atoms with van der Waals surface area (Å²) in [4.78, 5) is 12.3. The van der Waals surface area contributed by atoms with Crippen LogP contribution in [0.4, 0.5) is 0 Å². The Morgan fingerprint density at radius 3 is 2.36 bits per heavy atom. The number of aromatic hydroxyl groups is 2. The van der Waals surface area contributed by atoms with E-state index in [-0.39, 0.29) is 35.0 Å². The predicted molar refractivity (Wildman–Crippen MR) is 82.0 cm³/mol. The van der Waals surface area contributed by atoms with Crippen molar-refractivity contribution in [1.82, 2.24) is 0 Å². The summed E-state index contributed by atoms with van der Waals surface area (Å²) in [6.45, 7) is 0. The lowest BCUT2D eigenvalue weighted by molar-refractivity contribution is 0.0976. The molecular formula is C17H18O5. The third-order valence-electron chi connectivity index (χ3n) is 3.39. The first-order chi connectivity index (χ1) is 10.6. The molecule has 0 bridgehead atoms. The van der Waals surface area contributed by atoms with Gasteiger partial charge in [-0.1, -0.05) is 30.3 Å². The van der Waals surface area contributed by atoms with E-state index in [0.717, 1.165) is 5.56 Å². The number of rotatable bonds is 6. The van der Waals surface area contributed by atoms with Gasteiger partial charge in [0.15, 0.2) is 17.3 Å². The van der Waals surface area contributed by atoms with E-state index < -0.39 is 5.75 Å². The molecule has 5 heteroatoms. The number of hydrogen-bond acceptors (Lipinski definition) is 5. The van der Waals surface area contributed by atoms with Crippen LogP contribution in [0.1, 0.15) is 22.3 Å². The monoisotopic (exact) mass is 302 g/mol. The van der Waals surface area contributed by atoms with E-state index in [9.17, 15) is 15.0 Å². The van der Waals surface area contributed by atoms with Crippen LogP contribution in [-0.4, -0.2) is 30.2 Å². The summed E-state index contributed by atoms with van der Waals surface area (Å²) in [7, 11) is 2.74. The number of phenolic OH excluding ortho intramolecular Hbond substituents is 2. The van der Waals surface area contributed by atoms with Gasteiger partial charge in [0.2, 0.25) is 5.75 Å². The Hall–Kier alpha value is -2.69. The van der Waals surface area contributed by atoms with E-state index in [1.807, 2.05) is 30.3 Å². The van der Waals surface area contributed by atoms with Crippen LogP contribution < -0.4 is 9.47 Å². The molecule has 2 aromatic carbocycles. The lowest BCUT2D eigenvalue weighted by atomic mass is 10.0. The lowest BCUT2D eigenvalue weighted by Gasteiger charge is -2.14. The van der Waals surface area contributed by atoms with Gasteiger partial charge >= 0.3 is 0 Å². The fourth-order valence-corrected chi connectivity index (χ4v) is 2.26. The molecule has 0 aliphatic carbocycles. The van der Waals surface area contributed by atoms with Gasteiger partial charge in [-0.05, 0) is 12.0 Å². The molecule has 0 fully saturated rings. The molecule has 2 N–H and O–H groups in total. The van der Waals surface area contributed by atoms with Crippen molar-refractivity contribution >= 4 is 5.78 Å². The smallest absolute Gasteiger partial charge is 0.204 e. The number of ketones is 1. The molecule has 0 heterocycles. The van der Waals surface area contributed by atoms with Crippen LogP contribution in [0, 0.1) is 0 Å². The standard InChI is InChI=1S/C17H18O5/c1-21-14-10-13(19)15(16(20)17(14)22-2)12(18)9-8-11-6-4-3-5-7-11/h3-7,10,19-20H,8-9H2,1-2H3. The molecule has 22 heavy (non-hydrogen) atoms. The van der Waals surface area contributed by atoms with Gasteiger partial charge in [-0.25, -0.2) is 0 Å². The summed E-state index contributed by atoms with van der Waals surface area (Å²) in [6, 6.07) is 10.8. The Balaban J connectivity index is 2.26. The molecule has 0 radical (unpaired) electrons. The zero-order chi connectivity index (χ0) is 16.1. The minimum Gasteiger partial charge on any atom is -0.507 e. The minimum atomic E-state index is -0.405. The van der Waals surface area contributed by atoms with Gasteiger partial charge in [-0.3, -0.25) is 4.79 Å². The van der Waals surface area contributed by atoms with E-state index in [1.165, 1.54) is 20.3 Å². The average molecular weight is 302 g/mol. The Bertz CT molecular complexity index is 664. The summed E-state index contributed by atoms with van der Waals surface area (Å²) in [5, 5.41) is 20.1. The molecular weight excluding hydrogens is 284 g/mol. The number of benzene rings is 2. The molecule has 0 saturated carbocycles. The maximum atomic E-state index is 12.3. The van der Waals surface area contributed by atoms with E-state index in [2.05, 4.69) is 0 Å². The van der Waals surface area contributed by atoms with Gasteiger partial charge in [0, 0.05) is 12.5 Å². The number of ether oxygens (including phenoxy) is 2. The number of methoxy groups -OCH3 is 2. The fraction of sp³-hybridized carbons (Fsp3) is 0.235. The highest BCUT2D eigenvalue weighted by molar-refractivity contribution is 6.02. The Morgan fingerprint density at radius 1 is 1.09 bits per heavy atom. The van der Waals surface area contributed by atoms with Crippen molar-refractivity contribution in [1.29, 1.82) is 0 Å². The maximum absolute atomic E-state index is 12.3. The van der Waals surface area contributed by atoms with Crippen LogP contribution in [0.25, 0.3) is 0 Å². The van der Waals surface area contributed by atoms with Crippen molar-refractivity contribution < 1.29 is 24.5 Å². The second kappa shape index (κ2) is 6.85. The van der Waals surface area contributed by atoms with E-state index in [1.54, 1.807) is 0 Å². The number of hydrogen-bond donors (Lipinski definition) is 2. The predicted octanol–water partition coefficient (Wildman–Crippen LogP) is 2.93. The number of Topliss-reactive ketones (excluding diaryl/α,β-unsaturated/α-hetero) is 1. The van der Waals surface area contributed by atoms with Crippen molar-refractivity contribution in [3.8, 4) is 23.0 Å². The van der Waals surface area contributed by atoms with Crippen LogP contribution in [0.15, 0.2) is 36.4 Å². The van der Waals surface area contributed by atoms with Crippen LogP contribution in [0.2, 0.25) is 0 Å². The first-order valence-electron chi connectivity index (χ1n) is 6.82. The summed E-state index contributed by atoms with van der Waals surface area (Å²) in [5.74, 6) is -0.897. The average Bonchev–Trinajstić information content (AvgIpc) is 2.53. The zero-order valence-corrected chi connectivity index (χ0v) is 12.5. The number of carbonyl (C=O) groups is 1. The topological polar surface area (TPSA) is 76.0 Å². The van der Waals surface area contributed by atoms with Crippen LogP contribution >= 0.6 is 0 Å². The van der Waals surface area contributed by atoms with Gasteiger partial charge in [0.05, 0.1) is 14.2 Å². The molecule has 5 nitrogen and oxygen atoms in total. The highest BCUT2D eigenvalue weighted by atomic mass is 16.5. The van der Waals surface area contributed by atoms with Gasteiger partial charge in [-0.15, -0.1) is 0 Å². The molecule has 0 atom stereocenters. The fourth-order valence-electron chi connectivity index (χ4n) is 2.26. The SMILES string of the molecule is COc1cc(O)c(C(=O)CCc2ccccc2)c(O)c1OC. The molecule has 0 unspecified atom stereocenters. The molecule has 2 aromatic rings. The van der Waals surface area contributed by atoms with Gasteiger partial charge in [0.25, 0.3) is 0 Å². The minimum absolute atomic E-state index is 0.0309. The van der Waals surface area contributed by atoms with E-state index in [4.69, 9.17) is 9.47 Å². The van der Waals surface area contributed by atoms with Gasteiger partial charge in [0.1, 0.15) is 11.3 Å². The van der Waals surface area contributed by atoms with Crippen LogP contribution in [-0.2, 0) is 6.42 Å². The summed E-state index contributed by atoms with van der Waals surface area (Å²) in [6.07, 6.45) is 0.688. The Labute approximate surface area is 128 Å². The molecule has 0 saturated heterocycles. The maximum Gasteiger partial charge on any atom is 0.204 e. The number of carbonyl (C=O) groups excluding carboxylic acids is 1. The third kappa shape index (κ3) is 3.14. The first-order valence-corrected chi connectivity index (χ1v) is 6.82. The Kier molecular flexibility index (Phi) is 4.88. The summed E-state index contributed by atoms with van der Waals surface area (Å²) >= 11 is 0. The van der Waals surface area contributed by atoms with E-state index >= 15 is 0 Å². The second-order valence-electron chi connectivity index (χ2n) is 4.76. The molecule has 0 amide bonds. The summed E-state index contributed by atoms with van der Waals surface area (Å²) in [5.41, 5.74) is 0.865. The number of aryl methyl sites for hydroxylation is 1. The van der Waals surface area contributed by atoms with Crippen LogP contribution in [0.5, 0.6) is 23.0 Å². The quantitative estimate of drug-likeness (QED) is 0.802. The number of phenols is 2. The normalized spacial score (nSPS) is 10.3. The highest BCUT2D eigenvalue weighted by Crippen LogP contribution is 2.44. The van der Waals surface area contributed by atoms with Crippen molar-refractivity contribution in [2.75, 3.05) is 14.2 Å². The lowest BCUT2D eigenvalue weighted by Crippen LogP contribution is -2.04. The van der Waals surface area contributed by atoms with Gasteiger partial charge < -0.3 is 19.7 Å². The van der Waals surface area contributed by atoms with Crippen molar-refractivity contribution in [2.24, 2.45) is 0 Å². The van der Waals surface area contributed by atoms with Crippen molar-refractivity contribution in [3.63, 3.8) is 0 Å². The van der Waals surface area contributed by atoms with Crippen molar-refractivity contribution in [3.05, 3.63) is 47.5 Å². The van der Waals surface area contributed by atoms with E-state index in [0.29, 0.717) is 6.42 Å². The molecule has 116 valence electrons. The molecule has 0 aliphatic rings. The van der Waals surface area contributed by atoms with Gasteiger partial charge in [-0.2, -0.15) is 0 Å². The second-order valence-corrected chi connectivity index (χ2v) is 4.76. The molecule has 2 rings (SSSR count). The largest absolute Gasteiger partial charge is 0.507 e. The first kappa shape index (κ1) is 15.7.